The van der Waals surface area contributed by atoms with Gasteiger partial charge in [0, 0.05) is 19.8 Å². The zero-order valence-corrected chi connectivity index (χ0v) is 12.9. The van der Waals surface area contributed by atoms with Crippen molar-refractivity contribution in [3.8, 4) is 6.07 Å². The lowest BCUT2D eigenvalue weighted by molar-refractivity contribution is 0.0690. The van der Waals surface area contributed by atoms with Gasteiger partial charge < -0.3 is 10.0 Å². The number of carboxylic acid groups (broad SMARTS) is 1. The Morgan fingerprint density at radius 3 is 2.70 bits per heavy atom. The van der Waals surface area contributed by atoms with Crippen molar-refractivity contribution in [3.05, 3.63) is 53.0 Å². The van der Waals surface area contributed by atoms with Crippen molar-refractivity contribution in [1.29, 1.82) is 5.26 Å². The fourth-order valence-electron chi connectivity index (χ4n) is 1.87. The summed E-state index contributed by atoms with van der Waals surface area (Å²) in [7, 11) is 1.96. The minimum absolute atomic E-state index is 0.0957. The minimum atomic E-state index is -1.13. The fourth-order valence-corrected chi connectivity index (χ4v) is 1.87. The number of hydrogen-bond acceptors (Lipinski definition) is 5. The molecule has 2 aromatic rings. The Labute approximate surface area is 134 Å². The van der Waals surface area contributed by atoms with E-state index in [0.29, 0.717) is 11.3 Å². The van der Waals surface area contributed by atoms with Crippen molar-refractivity contribution in [3.63, 3.8) is 0 Å². The fraction of sp³-hybridized carbons (Fsp3) is 0.176. The summed E-state index contributed by atoms with van der Waals surface area (Å²) in [5.74, 6) is -0.258. The highest BCUT2D eigenvalue weighted by Gasteiger charge is 2.08. The molecule has 0 spiro atoms. The zero-order valence-electron chi connectivity index (χ0n) is 12.9. The molecule has 116 valence electrons. The van der Waals surface area contributed by atoms with Crippen LogP contribution in [0.25, 0.3) is 12.2 Å². The molecule has 0 amide bonds. The molecule has 6 nitrogen and oxygen atoms in total. The van der Waals surface area contributed by atoms with Crippen LogP contribution in [0.1, 0.15) is 34.2 Å². The molecule has 0 saturated heterocycles. The average Bonchev–Trinajstić information content (AvgIpc) is 2.59. The van der Waals surface area contributed by atoms with E-state index in [1.165, 1.54) is 12.1 Å². The molecule has 2 rings (SSSR count). The maximum Gasteiger partial charge on any atom is 0.354 e. The lowest BCUT2D eigenvalue weighted by atomic mass is 10.1. The molecule has 0 aliphatic heterocycles. The third-order valence-corrected chi connectivity index (χ3v) is 3.33. The molecule has 0 unspecified atom stereocenters. The van der Waals surface area contributed by atoms with E-state index in [-0.39, 0.29) is 5.69 Å². The van der Waals surface area contributed by atoms with E-state index in [9.17, 15) is 4.79 Å². The van der Waals surface area contributed by atoms with Crippen LogP contribution in [0.5, 0.6) is 0 Å². The van der Waals surface area contributed by atoms with Gasteiger partial charge in [-0.15, -0.1) is 0 Å². The van der Waals surface area contributed by atoms with Gasteiger partial charge in [0.1, 0.15) is 17.6 Å². The molecule has 0 aromatic carbocycles. The standard InChI is InChI=1S/C17H16N4O2/c1-3-21(2)16-9-5-12(11-19-16)4-7-14-13(10-18)6-8-15(20-14)17(22)23/h4-9,11H,3H2,1-2H3,(H,22,23)/b7-4+. The molecule has 2 heterocycles. The van der Waals surface area contributed by atoms with Crippen LogP contribution in [0.4, 0.5) is 5.82 Å². The average molecular weight is 308 g/mol. The van der Waals surface area contributed by atoms with Gasteiger partial charge in [-0.3, -0.25) is 0 Å². The first kappa shape index (κ1) is 16.2. The van der Waals surface area contributed by atoms with Gasteiger partial charge in [-0.2, -0.15) is 5.26 Å². The topological polar surface area (TPSA) is 90.1 Å². The van der Waals surface area contributed by atoms with Crippen LogP contribution < -0.4 is 4.90 Å². The maximum absolute atomic E-state index is 11.0. The summed E-state index contributed by atoms with van der Waals surface area (Å²) in [5.41, 5.74) is 1.38. The molecule has 0 fully saturated rings. The van der Waals surface area contributed by atoms with Gasteiger partial charge in [-0.25, -0.2) is 14.8 Å². The van der Waals surface area contributed by atoms with E-state index in [4.69, 9.17) is 10.4 Å². The molecule has 0 aliphatic rings. The highest BCUT2D eigenvalue weighted by molar-refractivity contribution is 5.86. The van der Waals surface area contributed by atoms with Crippen LogP contribution in [-0.4, -0.2) is 34.6 Å². The van der Waals surface area contributed by atoms with Gasteiger partial charge >= 0.3 is 5.97 Å². The number of hydrogen-bond donors (Lipinski definition) is 1. The van der Waals surface area contributed by atoms with Crippen molar-refractivity contribution in [2.45, 2.75) is 6.92 Å². The van der Waals surface area contributed by atoms with Gasteiger partial charge in [-0.1, -0.05) is 6.08 Å². The molecule has 0 radical (unpaired) electrons. The first-order chi connectivity index (χ1) is 11.0. The van der Waals surface area contributed by atoms with Gasteiger partial charge in [0.05, 0.1) is 11.3 Å². The normalized spacial score (nSPS) is 10.5. The Bertz CT molecular complexity index is 776. The summed E-state index contributed by atoms with van der Waals surface area (Å²) < 4.78 is 0. The predicted octanol–water partition coefficient (Wildman–Crippen LogP) is 2.67. The van der Waals surface area contributed by atoms with Crippen molar-refractivity contribution in [2.24, 2.45) is 0 Å². The second-order valence-corrected chi connectivity index (χ2v) is 4.84. The predicted molar refractivity (Wildman–Crippen MR) is 88.0 cm³/mol. The molecule has 0 bridgehead atoms. The molecule has 1 N–H and O–H groups in total. The zero-order chi connectivity index (χ0) is 16.8. The second-order valence-electron chi connectivity index (χ2n) is 4.84. The second kappa shape index (κ2) is 7.18. The Morgan fingerprint density at radius 1 is 1.35 bits per heavy atom. The van der Waals surface area contributed by atoms with Gasteiger partial charge in [0.2, 0.25) is 0 Å². The number of nitriles is 1. The van der Waals surface area contributed by atoms with Crippen molar-refractivity contribution >= 4 is 23.9 Å². The summed E-state index contributed by atoms with van der Waals surface area (Å²) in [4.78, 5) is 21.3. The van der Waals surface area contributed by atoms with Crippen molar-refractivity contribution in [1.82, 2.24) is 9.97 Å². The lowest BCUT2D eigenvalue weighted by Crippen LogP contribution is -2.16. The van der Waals surface area contributed by atoms with E-state index < -0.39 is 5.97 Å². The van der Waals surface area contributed by atoms with Crippen LogP contribution in [0.3, 0.4) is 0 Å². The number of rotatable bonds is 5. The quantitative estimate of drug-likeness (QED) is 0.913. The van der Waals surface area contributed by atoms with Crippen LogP contribution in [0, 0.1) is 11.3 Å². The smallest absolute Gasteiger partial charge is 0.354 e. The number of carbonyl (C=O) groups is 1. The summed E-state index contributed by atoms with van der Waals surface area (Å²) in [6.07, 6.45) is 5.08. The summed E-state index contributed by atoms with van der Waals surface area (Å²) in [6, 6.07) is 8.57. The number of nitrogens with zero attached hydrogens (tertiary/aromatic N) is 4. The van der Waals surface area contributed by atoms with Gasteiger partial charge in [0.25, 0.3) is 0 Å². The number of carboxylic acids is 1. The van der Waals surface area contributed by atoms with Gasteiger partial charge in [-0.05, 0) is 42.8 Å². The van der Waals surface area contributed by atoms with E-state index in [0.717, 1.165) is 17.9 Å². The Morgan fingerprint density at radius 2 is 2.13 bits per heavy atom. The number of pyridine rings is 2. The lowest BCUT2D eigenvalue weighted by Gasteiger charge is -2.14. The molecule has 2 aromatic heterocycles. The molecule has 23 heavy (non-hydrogen) atoms. The first-order valence-corrected chi connectivity index (χ1v) is 7.05. The first-order valence-electron chi connectivity index (χ1n) is 7.05. The van der Waals surface area contributed by atoms with E-state index in [2.05, 4.69) is 9.97 Å². The third-order valence-electron chi connectivity index (χ3n) is 3.33. The Kier molecular flexibility index (Phi) is 5.05. The largest absolute Gasteiger partial charge is 0.477 e. The molecule has 0 atom stereocenters. The van der Waals surface area contributed by atoms with Crippen LogP contribution >= 0.6 is 0 Å². The van der Waals surface area contributed by atoms with Crippen molar-refractivity contribution < 1.29 is 9.90 Å². The van der Waals surface area contributed by atoms with Crippen LogP contribution in [-0.2, 0) is 0 Å². The van der Waals surface area contributed by atoms with Gasteiger partial charge in [0.15, 0.2) is 0 Å². The number of aromatic carboxylic acids is 1. The molecule has 6 heteroatoms. The third kappa shape index (κ3) is 3.92. The minimum Gasteiger partial charge on any atom is -0.477 e. The molecular formula is C17H16N4O2. The number of aromatic nitrogens is 2. The molecule has 0 saturated carbocycles. The molecular weight excluding hydrogens is 292 g/mol. The number of anilines is 1. The Balaban J connectivity index is 2.27. The summed E-state index contributed by atoms with van der Waals surface area (Å²) in [6.45, 7) is 2.90. The van der Waals surface area contributed by atoms with E-state index in [1.54, 1.807) is 18.3 Å². The highest BCUT2D eigenvalue weighted by Crippen LogP contribution is 2.14. The Hall–Kier alpha value is -3.20. The van der Waals surface area contributed by atoms with E-state index in [1.807, 2.05) is 37.1 Å². The summed E-state index contributed by atoms with van der Waals surface area (Å²) >= 11 is 0. The monoisotopic (exact) mass is 308 g/mol. The highest BCUT2D eigenvalue weighted by atomic mass is 16.4. The molecule has 0 aliphatic carbocycles. The summed E-state index contributed by atoms with van der Waals surface area (Å²) in [5, 5.41) is 18.1. The van der Waals surface area contributed by atoms with E-state index >= 15 is 0 Å². The van der Waals surface area contributed by atoms with Crippen molar-refractivity contribution in [2.75, 3.05) is 18.5 Å². The SMILES string of the molecule is CCN(C)c1ccc(/C=C/c2nc(C(=O)O)ccc2C#N)cn1. The maximum atomic E-state index is 11.0. The van der Waals surface area contributed by atoms with Crippen LogP contribution in [0.15, 0.2) is 30.5 Å². The van der Waals surface area contributed by atoms with Crippen LogP contribution in [0.2, 0.25) is 0 Å².